The number of methoxy groups -OCH3 is 1. The highest BCUT2D eigenvalue weighted by molar-refractivity contribution is 7.99. The van der Waals surface area contributed by atoms with E-state index in [-0.39, 0.29) is 30.7 Å². The van der Waals surface area contributed by atoms with Gasteiger partial charge >= 0.3 is 7.60 Å². The Kier molecular flexibility index (Phi) is 12.0. The van der Waals surface area contributed by atoms with Crippen molar-refractivity contribution in [3.8, 4) is 5.75 Å². The second kappa shape index (κ2) is 14.2. The van der Waals surface area contributed by atoms with Crippen LogP contribution in [0, 0.1) is 0 Å². The SMILES string of the molecule is CCCC[C@](N)(CC)CSc1cc(CP(=O)(OCC)OCC)c(OC)cc1C(=O)c1ccccc1. The Morgan fingerprint density at radius 1 is 1.06 bits per heavy atom. The summed E-state index contributed by atoms with van der Waals surface area (Å²) in [6.45, 7) is 8.38. The minimum absolute atomic E-state index is 0.0581. The molecule has 0 spiro atoms. The number of ether oxygens (including phenoxy) is 1. The molecule has 0 saturated heterocycles. The van der Waals surface area contributed by atoms with Crippen LogP contribution in [0.25, 0.3) is 0 Å². The van der Waals surface area contributed by atoms with Crippen LogP contribution < -0.4 is 10.5 Å². The molecule has 35 heavy (non-hydrogen) atoms. The lowest BCUT2D eigenvalue weighted by Crippen LogP contribution is -2.41. The number of carbonyl (C=O) groups is 1. The predicted molar refractivity (Wildman–Crippen MR) is 145 cm³/mol. The lowest BCUT2D eigenvalue weighted by Gasteiger charge is -2.28. The normalized spacial score (nSPS) is 13.4. The fraction of sp³-hybridized carbons (Fsp3) is 0.519. The van der Waals surface area contributed by atoms with Gasteiger partial charge in [0.25, 0.3) is 0 Å². The van der Waals surface area contributed by atoms with Crippen LogP contribution in [-0.2, 0) is 19.8 Å². The van der Waals surface area contributed by atoms with E-state index in [0.29, 0.717) is 28.2 Å². The lowest BCUT2D eigenvalue weighted by atomic mass is 9.93. The van der Waals surface area contributed by atoms with Gasteiger partial charge in [-0.15, -0.1) is 11.8 Å². The summed E-state index contributed by atoms with van der Waals surface area (Å²) in [4.78, 5) is 14.3. The molecule has 2 N–H and O–H groups in total. The largest absolute Gasteiger partial charge is 0.496 e. The van der Waals surface area contributed by atoms with Gasteiger partial charge in [0.05, 0.1) is 26.5 Å². The minimum atomic E-state index is -3.37. The molecule has 0 radical (unpaired) electrons. The zero-order valence-electron chi connectivity index (χ0n) is 21.7. The molecule has 0 aliphatic heterocycles. The summed E-state index contributed by atoms with van der Waals surface area (Å²) >= 11 is 1.57. The Balaban J connectivity index is 2.54. The number of thioether (sulfide) groups is 1. The average Bonchev–Trinajstić information content (AvgIpc) is 2.86. The van der Waals surface area contributed by atoms with Crippen molar-refractivity contribution in [1.29, 1.82) is 0 Å². The van der Waals surface area contributed by atoms with Crippen LogP contribution in [-0.4, -0.2) is 37.4 Å². The smallest absolute Gasteiger partial charge is 0.335 e. The molecular formula is C27H40NO5PS. The zero-order valence-corrected chi connectivity index (χ0v) is 23.4. The van der Waals surface area contributed by atoms with Crippen molar-refractivity contribution in [3.63, 3.8) is 0 Å². The summed E-state index contributed by atoms with van der Waals surface area (Å²) in [6, 6.07) is 12.8. The summed E-state index contributed by atoms with van der Waals surface area (Å²) in [5.41, 5.74) is 8.21. The maximum Gasteiger partial charge on any atom is 0.335 e. The molecule has 0 fully saturated rings. The first-order valence-electron chi connectivity index (χ1n) is 12.3. The van der Waals surface area contributed by atoms with E-state index in [1.165, 1.54) is 0 Å². The van der Waals surface area contributed by atoms with Gasteiger partial charge in [0, 0.05) is 32.9 Å². The number of ketones is 1. The minimum Gasteiger partial charge on any atom is -0.496 e. The fourth-order valence-electron chi connectivity index (χ4n) is 3.79. The van der Waals surface area contributed by atoms with Gasteiger partial charge in [-0.1, -0.05) is 57.0 Å². The van der Waals surface area contributed by atoms with Crippen molar-refractivity contribution in [2.45, 2.75) is 70.0 Å². The zero-order chi connectivity index (χ0) is 25.9. The molecule has 0 amide bonds. The molecule has 0 unspecified atom stereocenters. The van der Waals surface area contributed by atoms with Gasteiger partial charge in [-0.05, 0) is 38.8 Å². The second-order valence-electron chi connectivity index (χ2n) is 8.57. The van der Waals surface area contributed by atoms with Crippen LogP contribution in [0.2, 0.25) is 0 Å². The van der Waals surface area contributed by atoms with Gasteiger partial charge in [0.1, 0.15) is 5.75 Å². The van der Waals surface area contributed by atoms with Crippen LogP contribution in [0.5, 0.6) is 5.75 Å². The number of hydrogen-bond donors (Lipinski definition) is 1. The second-order valence-corrected chi connectivity index (χ2v) is 11.6. The van der Waals surface area contributed by atoms with Crippen LogP contribution >= 0.6 is 19.4 Å². The Morgan fingerprint density at radius 2 is 1.71 bits per heavy atom. The molecule has 8 heteroatoms. The Labute approximate surface area is 214 Å². The van der Waals surface area contributed by atoms with Crippen molar-refractivity contribution in [3.05, 3.63) is 59.2 Å². The number of benzene rings is 2. The molecule has 194 valence electrons. The highest BCUT2D eigenvalue weighted by Crippen LogP contribution is 2.53. The van der Waals surface area contributed by atoms with Crippen LogP contribution in [0.3, 0.4) is 0 Å². The summed E-state index contributed by atoms with van der Waals surface area (Å²) in [7, 11) is -1.83. The van der Waals surface area contributed by atoms with Gasteiger partial charge in [-0.25, -0.2) is 0 Å². The van der Waals surface area contributed by atoms with E-state index in [9.17, 15) is 9.36 Å². The summed E-state index contributed by atoms with van der Waals surface area (Å²) in [5, 5.41) is 0. The van der Waals surface area contributed by atoms with Crippen molar-refractivity contribution < 1.29 is 23.1 Å². The molecule has 0 aromatic heterocycles. The third-order valence-corrected chi connectivity index (χ3v) is 9.33. The van der Waals surface area contributed by atoms with E-state index in [2.05, 4.69) is 13.8 Å². The van der Waals surface area contributed by atoms with Crippen molar-refractivity contribution in [2.75, 3.05) is 26.1 Å². The molecule has 0 aliphatic rings. The van der Waals surface area contributed by atoms with E-state index in [1.54, 1.807) is 50.9 Å². The molecule has 0 aliphatic carbocycles. The highest BCUT2D eigenvalue weighted by Gasteiger charge is 2.29. The average molecular weight is 522 g/mol. The van der Waals surface area contributed by atoms with Gasteiger partial charge in [0.15, 0.2) is 5.78 Å². The molecule has 2 aromatic rings. The quantitative estimate of drug-likeness (QED) is 0.143. The molecule has 2 aromatic carbocycles. The topological polar surface area (TPSA) is 87.9 Å². The monoisotopic (exact) mass is 521 g/mol. The maximum absolute atomic E-state index is 13.5. The van der Waals surface area contributed by atoms with E-state index < -0.39 is 7.60 Å². The number of nitrogens with two attached hydrogens (primary N) is 1. The Hall–Kier alpha value is -1.63. The van der Waals surface area contributed by atoms with E-state index in [1.807, 2.05) is 24.3 Å². The summed E-state index contributed by atoms with van der Waals surface area (Å²) in [5.74, 6) is 1.05. The summed E-state index contributed by atoms with van der Waals surface area (Å²) < 4.78 is 30.0. The third kappa shape index (κ3) is 8.47. The van der Waals surface area contributed by atoms with Crippen molar-refractivity contribution in [1.82, 2.24) is 0 Å². The first-order valence-corrected chi connectivity index (χ1v) is 15.1. The van der Waals surface area contributed by atoms with E-state index in [4.69, 9.17) is 19.5 Å². The van der Waals surface area contributed by atoms with Crippen LogP contribution in [0.1, 0.15) is 74.9 Å². The van der Waals surface area contributed by atoms with E-state index >= 15 is 0 Å². The van der Waals surface area contributed by atoms with Crippen LogP contribution in [0.15, 0.2) is 47.4 Å². The van der Waals surface area contributed by atoms with Gasteiger partial charge in [-0.3, -0.25) is 9.36 Å². The van der Waals surface area contributed by atoms with Crippen LogP contribution in [0.4, 0.5) is 0 Å². The molecule has 6 nitrogen and oxygen atoms in total. The fourth-order valence-corrected chi connectivity index (χ4v) is 6.82. The molecule has 0 bridgehead atoms. The van der Waals surface area contributed by atoms with Crippen molar-refractivity contribution in [2.24, 2.45) is 5.73 Å². The van der Waals surface area contributed by atoms with E-state index in [0.717, 1.165) is 30.6 Å². The molecular weight excluding hydrogens is 481 g/mol. The van der Waals surface area contributed by atoms with Gasteiger partial charge in [0.2, 0.25) is 0 Å². The number of unbranched alkanes of at least 4 members (excludes halogenated alkanes) is 1. The van der Waals surface area contributed by atoms with Crippen molar-refractivity contribution >= 4 is 25.1 Å². The number of carbonyl (C=O) groups excluding carboxylic acids is 1. The summed E-state index contributed by atoms with van der Waals surface area (Å²) in [6.07, 6.45) is 3.96. The van der Waals surface area contributed by atoms with Gasteiger partial charge < -0.3 is 19.5 Å². The molecule has 2 rings (SSSR count). The molecule has 0 heterocycles. The first kappa shape index (κ1) is 29.6. The standard InChI is InChI=1S/C27H40NO5PS/c1-6-10-16-27(28,7-2)20-35-25-17-22(19-34(30,32-8-3)33-9-4)24(31-5)18-23(25)26(29)21-14-12-11-13-15-21/h11-15,17-18H,6-10,16,19-20,28H2,1-5H3/t27-/m1/s1. The first-order chi connectivity index (χ1) is 16.7. The Morgan fingerprint density at radius 3 is 2.26 bits per heavy atom. The Bertz CT molecular complexity index is 991. The number of hydrogen-bond acceptors (Lipinski definition) is 7. The molecule has 0 saturated carbocycles. The van der Waals surface area contributed by atoms with Gasteiger partial charge in [-0.2, -0.15) is 0 Å². The number of rotatable bonds is 16. The lowest BCUT2D eigenvalue weighted by molar-refractivity contribution is 0.103. The maximum atomic E-state index is 13.5. The highest BCUT2D eigenvalue weighted by atomic mass is 32.2. The predicted octanol–water partition coefficient (Wildman–Crippen LogP) is 7.08. The third-order valence-electron chi connectivity index (χ3n) is 5.93. The molecule has 1 atom stereocenters.